The molecule has 2 aromatic rings. The van der Waals surface area contributed by atoms with E-state index >= 15 is 0 Å². The number of hydrogen-bond acceptors (Lipinski definition) is 2. The number of amides is 1. The molecule has 3 rings (SSSR count). The van der Waals surface area contributed by atoms with Crippen LogP contribution in [0.3, 0.4) is 0 Å². The van der Waals surface area contributed by atoms with Gasteiger partial charge in [-0.3, -0.25) is 9.69 Å². The van der Waals surface area contributed by atoms with Gasteiger partial charge in [-0.2, -0.15) is 0 Å². The Morgan fingerprint density at radius 3 is 2.87 bits per heavy atom. The number of methoxy groups -OCH3 is 1. The van der Waals surface area contributed by atoms with E-state index in [2.05, 4.69) is 33.8 Å². The van der Waals surface area contributed by atoms with Crippen molar-refractivity contribution < 1.29 is 9.53 Å². The molecule has 0 bridgehead atoms. The molecule has 0 N–H and O–H groups in total. The zero-order valence-corrected chi connectivity index (χ0v) is 14.6. The Kier molecular flexibility index (Phi) is 4.40. The maximum absolute atomic E-state index is 12.6. The maximum atomic E-state index is 12.6. The van der Waals surface area contributed by atoms with Crippen LogP contribution in [0.25, 0.3) is 0 Å². The van der Waals surface area contributed by atoms with Crippen molar-refractivity contribution in [1.82, 2.24) is 0 Å². The Labute approximate surface area is 144 Å². The monoisotopic (exact) mass is 369 g/mol. The van der Waals surface area contributed by atoms with Gasteiger partial charge < -0.3 is 4.74 Å². The lowest BCUT2D eigenvalue weighted by molar-refractivity contribution is -0.113. The number of halogens is 1. The first kappa shape index (κ1) is 15.6. The molecule has 1 atom stereocenters. The van der Waals surface area contributed by atoms with Gasteiger partial charge in [0.05, 0.1) is 7.11 Å². The van der Waals surface area contributed by atoms with Crippen LogP contribution in [0.15, 0.2) is 46.9 Å². The molecule has 0 saturated heterocycles. The Morgan fingerprint density at radius 1 is 1.30 bits per heavy atom. The van der Waals surface area contributed by atoms with E-state index in [1.54, 1.807) is 12.0 Å². The van der Waals surface area contributed by atoms with Crippen molar-refractivity contribution in [3.63, 3.8) is 0 Å². The van der Waals surface area contributed by atoms with Crippen LogP contribution in [-0.4, -0.2) is 19.1 Å². The van der Waals surface area contributed by atoms with Crippen molar-refractivity contribution >= 4 is 27.5 Å². The minimum atomic E-state index is -0.183. The smallest absolute Gasteiger partial charge is 0.303 e. The fraction of sp³-hybridized carbons (Fsp3) is 0.211. The first-order valence-electron chi connectivity index (χ1n) is 7.37. The fourth-order valence-electron chi connectivity index (χ4n) is 2.78. The summed E-state index contributed by atoms with van der Waals surface area (Å²) in [5.74, 6) is 6.23. The van der Waals surface area contributed by atoms with E-state index in [1.807, 2.05) is 43.3 Å². The number of nitrogens with zero attached hydrogens (tertiary/aromatic N) is 1. The summed E-state index contributed by atoms with van der Waals surface area (Å²) in [6.45, 7) is 2.04. The van der Waals surface area contributed by atoms with E-state index in [1.165, 1.54) is 5.56 Å². The standard InChI is InChI=1S/C19H16BrNO2/c1-13-11-15-5-3-4-6-18(15)21(13)19(22)10-7-14-12-16(23-2)8-9-17(14)20/h3-6,8-9,12-13H,11H2,1-2H3. The van der Waals surface area contributed by atoms with E-state index < -0.39 is 0 Å². The second kappa shape index (κ2) is 6.47. The van der Waals surface area contributed by atoms with Crippen molar-refractivity contribution in [1.29, 1.82) is 0 Å². The molecule has 1 aliphatic heterocycles. The van der Waals surface area contributed by atoms with Crippen LogP contribution in [0.4, 0.5) is 5.69 Å². The minimum absolute atomic E-state index is 0.128. The second-order valence-corrected chi connectivity index (χ2v) is 6.31. The van der Waals surface area contributed by atoms with Gasteiger partial charge in [0.15, 0.2) is 0 Å². The predicted molar refractivity (Wildman–Crippen MR) is 94.7 cm³/mol. The Hall–Kier alpha value is -2.25. The molecule has 1 amide bonds. The molecule has 0 radical (unpaired) electrons. The number of hydrogen-bond donors (Lipinski definition) is 0. The highest BCUT2D eigenvalue weighted by Gasteiger charge is 2.29. The minimum Gasteiger partial charge on any atom is -0.497 e. The third kappa shape index (κ3) is 3.11. The molecule has 0 spiro atoms. The van der Waals surface area contributed by atoms with Crippen LogP contribution in [0.5, 0.6) is 5.75 Å². The predicted octanol–water partition coefficient (Wildman–Crippen LogP) is 3.79. The van der Waals surface area contributed by atoms with Crippen LogP contribution in [0, 0.1) is 11.8 Å². The second-order valence-electron chi connectivity index (χ2n) is 5.45. The zero-order valence-electron chi connectivity index (χ0n) is 13.0. The van der Waals surface area contributed by atoms with E-state index in [9.17, 15) is 4.79 Å². The molecule has 0 aromatic heterocycles. The fourth-order valence-corrected chi connectivity index (χ4v) is 3.13. The van der Waals surface area contributed by atoms with E-state index in [-0.39, 0.29) is 11.9 Å². The molecule has 0 aliphatic carbocycles. The van der Waals surface area contributed by atoms with Gasteiger partial charge in [0.1, 0.15) is 5.75 Å². The lowest BCUT2D eigenvalue weighted by Crippen LogP contribution is -2.34. The zero-order chi connectivity index (χ0) is 16.4. The number of rotatable bonds is 1. The third-order valence-corrected chi connectivity index (χ3v) is 4.60. The first-order valence-corrected chi connectivity index (χ1v) is 8.16. The van der Waals surface area contributed by atoms with Crippen LogP contribution in [-0.2, 0) is 11.2 Å². The van der Waals surface area contributed by atoms with Crippen LogP contribution in [0.1, 0.15) is 18.1 Å². The number of carbonyl (C=O) groups excluding carboxylic acids is 1. The molecule has 3 nitrogen and oxygen atoms in total. The van der Waals surface area contributed by atoms with Crippen molar-refractivity contribution in [2.75, 3.05) is 12.0 Å². The van der Waals surface area contributed by atoms with Crippen LogP contribution >= 0.6 is 15.9 Å². The highest BCUT2D eigenvalue weighted by Crippen LogP contribution is 2.31. The SMILES string of the molecule is COc1ccc(Br)c(C#CC(=O)N2c3ccccc3CC2C)c1. The highest BCUT2D eigenvalue weighted by atomic mass is 79.9. The Morgan fingerprint density at radius 2 is 2.09 bits per heavy atom. The number of fused-ring (bicyclic) bond motifs is 1. The van der Waals surface area contributed by atoms with E-state index in [4.69, 9.17) is 4.74 Å². The van der Waals surface area contributed by atoms with Crippen LogP contribution < -0.4 is 9.64 Å². The molecule has 0 saturated carbocycles. The molecule has 2 aromatic carbocycles. The molecule has 0 fully saturated rings. The Balaban J connectivity index is 1.89. The number of carbonyl (C=O) groups is 1. The number of para-hydroxylation sites is 1. The third-order valence-electron chi connectivity index (χ3n) is 3.90. The summed E-state index contributed by atoms with van der Waals surface area (Å²) in [5, 5.41) is 0. The summed E-state index contributed by atoms with van der Waals surface area (Å²) in [5.41, 5.74) is 2.89. The summed E-state index contributed by atoms with van der Waals surface area (Å²) < 4.78 is 6.04. The van der Waals surface area contributed by atoms with Gasteiger partial charge in [0.2, 0.25) is 0 Å². The van der Waals surface area contributed by atoms with Gasteiger partial charge in [-0.25, -0.2) is 0 Å². The lowest BCUT2D eigenvalue weighted by atomic mass is 10.1. The quantitative estimate of drug-likeness (QED) is 0.715. The molecule has 23 heavy (non-hydrogen) atoms. The van der Waals surface area contributed by atoms with Gasteiger partial charge >= 0.3 is 5.91 Å². The van der Waals surface area contributed by atoms with Gasteiger partial charge in [0.25, 0.3) is 0 Å². The van der Waals surface area contributed by atoms with Gasteiger partial charge in [0, 0.05) is 27.7 Å². The van der Waals surface area contributed by atoms with E-state index in [0.717, 1.165) is 22.1 Å². The summed E-state index contributed by atoms with van der Waals surface area (Å²) in [6, 6.07) is 13.6. The van der Waals surface area contributed by atoms with Gasteiger partial charge in [-0.1, -0.05) is 24.1 Å². The highest BCUT2D eigenvalue weighted by molar-refractivity contribution is 9.10. The van der Waals surface area contributed by atoms with E-state index in [0.29, 0.717) is 5.75 Å². The van der Waals surface area contributed by atoms with Gasteiger partial charge in [-0.05, 0) is 59.1 Å². The normalized spacial score (nSPS) is 15.6. The molecular formula is C19H16BrNO2. The average molecular weight is 370 g/mol. The van der Waals surface area contributed by atoms with Crippen LogP contribution in [0.2, 0.25) is 0 Å². The number of anilines is 1. The average Bonchev–Trinajstić information content (AvgIpc) is 2.89. The Bertz CT molecular complexity index is 820. The number of ether oxygens (including phenoxy) is 1. The summed E-state index contributed by atoms with van der Waals surface area (Å²) in [4.78, 5) is 14.3. The molecule has 4 heteroatoms. The van der Waals surface area contributed by atoms with Crippen molar-refractivity contribution in [3.8, 4) is 17.6 Å². The topological polar surface area (TPSA) is 29.5 Å². The summed E-state index contributed by atoms with van der Waals surface area (Å²) >= 11 is 3.45. The summed E-state index contributed by atoms with van der Waals surface area (Å²) in [6.07, 6.45) is 0.868. The maximum Gasteiger partial charge on any atom is 0.303 e. The molecular weight excluding hydrogens is 354 g/mol. The molecule has 1 heterocycles. The first-order chi connectivity index (χ1) is 11.1. The van der Waals surface area contributed by atoms with Crippen molar-refractivity contribution in [3.05, 3.63) is 58.1 Å². The lowest BCUT2D eigenvalue weighted by Gasteiger charge is -2.19. The molecule has 1 aliphatic rings. The van der Waals surface area contributed by atoms with Crippen molar-refractivity contribution in [2.45, 2.75) is 19.4 Å². The molecule has 1 unspecified atom stereocenters. The molecule has 116 valence electrons. The number of benzene rings is 2. The van der Waals surface area contributed by atoms with Gasteiger partial charge in [-0.15, -0.1) is 0 Å². The van der Waals surface area contributed by atoms with Crippen molar-refractivity contribution in [2.24, 2.45) is 0 Å². The summed E-state index contributed by atoms with van der Waals surface area (Å²) in [7, 11) is 1.61. The largest absolute Gasteiger partial charge is 0.497 e.